The molecule has 180 valence electrons. The molecule has 0 bridgehead atoms. The summed E-state index contributed by atoms with van der Waals surface area (Å²) >= 11 is 0. The summed E-state index contributed by atoms with van der Waals surface area (Å²) < 4.78 is 7.72. The van der Waals surface area contributed by atoms with Gasteiger partial charge >= 0.3 is 6.03 Å². The lowest BCUT2D eigenvalue weighted by Crippen LogP contribution is -2.49. The Labute approximate surface area is 205 Å². The van der Waals surface area contributed by atoms with Crippen molar-refractivity contribution in [3.8, 4) is 11.4 Å². The van der Waals surface area contributed by atoms with Crippen molar-refractivity contribution in [1.29, 1.82) is 0 Å². The number of piperazine rings is 1. The molecule has 1 N–H and O–H groups in total. The SMILES string of the molecule is CCOc1ccc(-n2c(CN3CCN(C(=O)Nc4cccc(C)c4)CC3)nc3cccnc32)cc1. The number of benzene rings is 2. The van der Waals surface area contributed by atoms with Crippen LogP contribution in [0.2, 0.25) is 0 Å². The summed E-state index contributed by atoms with van der Waals surface area (Å²) in [7, 11) is 0. The number of aromatic nitrogens is 3. The van der Waals surface area contributed by atoms with Crippen LogP contribution in [0.25, 0.3) is 16.9 Å². The maximum atomic E-state index is 12.7. The van der Waals surface area contributed by atoms with E-state index in [1.165, 1.54) is 0 Å². The fourth-order valence-corrected chi connectivity index (χ4v) is 4.43. The largest absolute Gasteiger partial charge is 0.494 e. The molecule has 8 heteroatoms. The van der Waals surface area contributed by atoms with Crippen LogP contribution >= 0.6 is 0 Å². The lowest BCUT2D eigenvalue weighted by Gasteiger charge is -2.34. The van der Waals surface area contributed by atoms with Gasteiger partial charge in [-0.25, -0.2) is 14.8 Å². The van der Waals surface area contributed by atoms with Gasteiger partial charge in [-0.3, -0.25) is 9.47 Å². The minimum Gasteiger partial charge on any atom is -0.494 e. The third-order valence-corrected chi connectivity index (χ3v) is 6.19. The van der Waals surface area contributed by atoms with Gasteiger partial charge in [0.15, 0.2) is 5.65 Å². The van der Waals surface area contributed by atoms with Crippen LogP contribution in [0.15, 0.2) is 66.9 Å². The molecule has 0 aliphatic carbocycles. The number of nitrogens with one attached hydrogen (secondary N) is 1. The first-order valence-electron chi connectivity index (χ1n) is 12.0. The number of urea groups is 1. The highest BCUT2D eigenvalue weighted by Gasteiger charge is 2.23. The van der Waals surface area contributed by atoms with E-state index in [9.17, 15) is 4.79 Å². The Hall–Kier alpha value is -3.91. The molecule has 0 radical (unpaired) electrons. The van der Waals surface area contributed by atoms with Crippen molar-refractivity contribution in [1.82, 2.24) is 24.3 Å². The summed E-state index contributed by atoms with van der Waals surface area (Å²) in [6.07, 6.45) is 1.80. The van der Waals surface area contributed by atoms with Gasteiger partial charge in [-0.2, -0.15) is 0 Å². The Morgan fingerprint density at radius 2 is 1.83 bits per heavy atom. The van der Waals surface area contributed by atoms with E-state index < -0.39 is 0 Å². The molecule has 1 fully saturated rings. The number of carbonyl (C=O) groups is 1. The van der Waals surface area contributed by atoms with E-state index in [0.29, 0.717) is 26.2 Å². The normalized spacial score (nSPS) is 14.3. The molecule has 2 amide bonds. The van der Waals surface area contributed by atoms with Crippen LogP contribution in [0.5, 0.6) is 5.75 Å². The lowest BCUT2D eigenvalue weighted by atomic mass is 10.2. The van der Waals surface area contributed by atoms with Crippen molar-refractivity contribution in [3.63, 3.8) is 0 Å². The number of nitrogens with zero attached hydrogens (tertiary/aromatic N) is 5. The van der Waals surface area contributed by atoms with Gasteiger partial charge in [-0.15, -0.1) is 0 Å². The fraction of sp³-hybridized carbons (Fsp3) is 0.296. The molecule has 0 atom stereocenters. The Bertz CT molecular complexity index is 1310. The zero-order chi connectivity index (χ0) is 24.2. The lowest BCUT2D eigenvalue weighted by molar-refractivity contribution is 0.140. The Morgan fingerprint density at radius 3 is 2.57 bits per heavy atom. The quantitative estimate of drug-likeness (QED) is 0.450. The molecular weight excluding hydrogens is 440 g/mol. The number of aryl methyl sites for hydroxylation is 1. The van der Waals surface area contributed by atoms with Gasteiger partial charge in [0.05, 0.1) is 13.2 Å². The van der Waals surface area contributed by atoms with E-state index in [1.54, 1.807) is 6.20 Å². The first-order valence-corrected chi connectivity index (χ1v) is 12.0. The van der Waals surface area contributed by atoms with E-state index in [2.05, 4.69) is 19.8 Å². The highest BCUT2D eigenvalue weighted by molar-refractivity contribution is 5.89. The number of carbonyl (C=O) groups excluding carboxylic acids is 1. The molecule has 1 aliphatic heterocycles. The summed E-state index contributed by atoms with van der Waals surface area (Å²) in [6, 6.07) is 19.7. The van der Waals surface area contributed by atoms with Crippen molar-refractivity contribution in [2.24, 2.45) is 0 Å². The van der Waals surface area contributed by atoms with E-state index in [4.69, 9.17) is 9.72 Å². The average Bonchev–Trinajstić information content (AvgIpc) is 3.23. The second kappa shape index (κ2) is 10.1. The molecule has 2 aromatic heterocycles. The van der Waals surface area contributed by atoms with Gasteiger partial charge in [0.1, 0.15) is 17.1 Å². The molecule has 8 nitrogen and oxygen atoms in total. The van der Waals surface area contributed by atoms with Crippen LogP contribution in [-0.2, 0) is 6.54 Å². The van der Waals surface area contributed by atoms with Crippen molar-refractivity contribution in [3.05, 3.63) is 78.2 Å². The van der Waals surface area contributed by atoms with Gasteiger partial charge in [0.25, 0.3) is 0 Å². The van der Waals surface area contributed by atoms with Crippen LogP contribution in [0.3, 0.4) is 0 Å². The van der Waals surface area contributed by atoms with E-state index in [-0.39, 0.29) is 6.03 Å². The summed E-state index contributed by atoms with van der Waals surface area (Å²) in [5.74, 6) is 1.77. The van der Waals surface area contributed by atoms with Crippen molar-refractivity contribution in [2.45, 2.75) is 20.4 Å². The first kappa shape index (κ1) is 22.9. The van der Waals surface area contributed by atoms with Gasteiger partial charge in [-0.05, 0) is 67.9 Å². The summed E-state index contributed by atoms with van der Waals surface area (Å²) in [5.41, 5.74) is 4.66. The predicted molar refractivity (Wildman–Crippen MR) is 137 cm³/mol. The minimum atomic E-state index is -0.0546. The molecule has 35 heavy (non-hydrogen) atoms. The number of rotatable bonds is 6. The van der Waals surface area contributed by atoms with Gasteiger partial charge < -0.3 is 15.0 Å². The van der Waals surface area contributed by atoms with Crippen molar-refractivity contribution in [2.75, 3.05) is 38.1 Å². The number of anilines is 1. The first-order chi connectivity index (χ1) is 17.1. The van der Waals surface area contributed by atoms with E-state index in [1.807, 2.05) is 79.4 Å². The summed E-state index contributed by atoms with van der Waals surface area (Å²) in [6.45, 7) is 8.20. The molecule has 2 aromatic carbocycles. The van der Waals surface area contributed by atoms with Gasteiger partial charge in [0, 0.05) is 43.8 Å². The van der Waals surface area contributed by atoms with Crippen LogP contribution in [0.4, 0.5) is 10.5 Å². The van der Waals surface area contributed by atoms with Crippen molar-refractivity contribution >= 4 is 22.9 Å². The average molecular weight is 471 g/mol. The number of hydrogen-bond acceptors (Lipinski definition) is 5. The van der Waals surface area contributed by atoms with Crippen LogP contribution < -0.4 is 10.1 Å². The molecule has 0 unspecified atom stereocenters. The zero-order valence-electron chi connectivity index (χ0n) is 20.1. The maximum absolute atomic E-state index is 12.7. The second-order valence-corrected chi connectivity index (χ2v) is 8.70. The smallest absolute Gasteiger partial charge is 0.321 e. The topological polar surface area (TPSA) is 75.5 Å². The third kappa shape index (κ3) is 5.12. The Morgan fingerprint density at radius 1 is 1.03 bits per heavy atom. The Kier molecular flexibility index (Phi) is 6.63. The molecule has 1 saturated heterocycles. The highest BCUT2D eigenvalue weighted by Crippen LogP contribution is 2.23. The zero-order valence-corrected chi connectivity index (χ0v) is 20.1. The molecular formula is C27H30N6O2. The maximum Gasteiger partial charge on any atom is 0.321 e. The predicted octanol–water partition coefficient (Wildman–Crippen LogP) is 4.48. The Balaban J connectivity index is 1.29. The number of fused-ring (bicyclic) bond motifs is 1. The minimum absolute atomic E-state index is 0.0546. The number of hydrogen-bond donors (Lipinski definition) is 1. The third-order valence-electron chi connectivity index (χ3n) is 6.19. The monoisotopic (exact) mass is 470 g/mol. The number of amides is 2. The van der Waals surface area contributed by atoms with Crippen LogP contribution in [-0.4, -0.2) is 63.2 Å². The number of imidazole rings is 1. The molecule has 1 aliphatic rings. The molecule has 5 rings (SSSR count). The summed E-state index contributed by atoms with van der Waals surface area (Å²) in [4.78, 5) is 26.4. The molecule has 0 saturated carbocycles. The van der Waals surface area contributed by atoms with Crippen LogP contribution in [0, 0.1) is 6.92 Å². The summed E-state index contributed by atoms with van der Waals surface area (Å²) in [5, 5.41) is 3.01. The number of ether oxygens (including phenoxy) is 1. The second-order valence-electron chi connectivity index (χ2n) is 8.70. The van der Waals surface area contributed by atoms with E-state index in [0.717, 1.165) is 52.8 Å². The molecule has 4 aromatic rings. The van der Waals surface area contributed by atoms with Gasteiger partial charge in [0.2, 0.25) is 0 Å². The fourth-order valence-electron chi connectivity index (χ4n) is 4.43. The van der Waals surface area contributed by atoms with Crippen LogP contribution in [0.1, 0.15) is 18.3 Å². The highest BCUT2D eigenvalue weighted by atomic mass is 16.5. The standard InChI is InChI=1S/C27H30N6O2/c1-3-35-23-11-9-22(10-12-23)33-25(30-24-8-5-13-28-26(24)33)19-31-14-16-32(17-15-31)27(34)29-21-7-4-6-20(2)18-21/h4-13,18H,3,14-17,19H2,1-2H3,(H,29,34). The van der Waals surface area contributed by atoms with Gasteiger partial charge in [-0.1, -0.05) is 12.1 Å². The number of pyridine rings is 1. The van der Waals surface area contributed by atoms with E-state index >= 15 is 0 Å². The van der Waals surface area contributed by atoms with Crippen molar-refractivity contribution < 1.29 is 9.53 Å². The molecule has 3 heterocycles. The molecule has 0 spiro atoms.